The Balaban J connectivity index is 2.47. The Morgan fingerprint density at radius 3 is 2.64 bits per heavy atom. The van der Waals surface area contributed by atoms with Crippen molar-refractivity contribution in [3.63, 3.8) is 0 Å². The lowest BCUT2D eigenvalue weighted by molar-refractivity contribution is 0.251. The van der Waals surface area contributed by atoms with Crippen molar-refractivity contribution in [3.8, 4) is 6.07 Å². The zero-order chi connectivity index (χ0) is 10.4. The average Bonchev–Trinajstić information content (AvgIpc) is 2.19. The van der Waals surface area contributed by atoms with Crippen molar-refractivity contribution in [2.24, 2.45) is 0 Å². The maximum absolute atomic E-state index is 11.2. The van der Waals surface area contributed by atoms with Crippen molar-refractivity contribution < 1.29 is 4.79 Å². The largest absolute Gasteiger partial charge is 0.322 e. The number of carbonyl (C=O) groups is 1. The lowest BCUT2D eigenvalue weighted by Crippen LogP contribution is -2.35. The maximum atomic E-state index is 11.2. The minimum Gasteiger partial charge on any atom is -0.322 e. The van der Waals surface area contributed by atoms with Crippen LogP contribution in [0.2, 0.25) is 0 Å². The van der Waals surface area contributed by atoms with Crippen LogP contribution in [0.25, 0.3) is 0 Å². The second kappa shape index (κ2) is 4.87. The van der Waals surface area contributed by atoms with Crippen LogP contribution < -0.4 is 10.6 Å². The molecule has 0 aromatic heterocycles. The predicted octanol–water partition coefficient (Wildman–Crippen LogP) is 1.72. The number of hydrogen-bond acceptors (Lipinski definition) is 2. The summed E-state index contributed by atoms with van der Waals surface area (Å²) in [6, 6.07) is 10.1. The second-order valence-electron chi connectivity index (χ2n) is 2.82. The van der Waals surface area contributed by atoms with Crippen molar-refractivity contribution in [2.75, 3.05) is 5.32 Å². The van der Waals surface area contributed by atoms with Gasteiger partial charge in [-0.3, -0.25) is 0 Å². The van der Waals surface area contributed by atoms with Crippen molar-refractivity contribution in [3.05, 3.63) is 30.3 Å². The van der Waals surface area contributed by atoms with E-state index in [2.05, 4.69) is 10.6 Å². The van der Waals surface area contributed by atoms with Crippen LogP contribution >= 0.6 is 0 Å². The molecule has 0 aliphatic heterocycles. The van der Waals surface area contributed by atoms with Gasteiger partial charge in [-0.1, -0.05) is 18.2 Å². The zero-order valence-electron chi connectivity index (χ0n) is 7.82. The highest BCUT2D eigenvalue weighted by atomic mass is 16.2. The molecule has 0 bridgehead atoms. The molecule has 72 valence electrons. The summed E-state index contributed by atoms with van der Waals surface area (Å²) in [4.78, 5) is 11.2. The van der Waals surface area contributed by atoms with Crippen LogP contribution in [-0.2, 0) is 0 Å². The van der Waals surface area contributed by atoms with E-state index in [1.54, 1.807) is 19.1 Å². The standard InChI is InChI=1S/C10H11N3O/c1-8(7-11)12-10(14)13-9-5-3-2-4-6-9/h2-6,8H,1H3,(H2,12,13,14). The van der Waals surface area contributed by atoms with Gasteiger partial charge in [-0.2, -0.15) is 5.26 Å². The highest BCUT2D eigenvalue weighted by Gasteiger charge is 2.04. The third-order valence-electron chi connectivity index (χ3n) is 1.57. The van der Waals surface area contributed by atoms with Gasteiger partial charge in [0, 0.05) is 5.69 Å². The summed E-state index contributed by atoms with van der Waals surface area (Å²) in [7, 11) is 0. The first-order valence-electron chi connectivity index (χ1n) is 4.24. The average molecular weight is 189 g/mol. The van der Waals surface area contributed by atoms with Crippen molar-refractivity contribution >= 4 is 11.7 Å². The Morgan fingerprint density at radius 2 is 2.07 bits per heavy atom. The van der Waals surface area contributed by atoms with E-state index in [0.29, 0.717) is 5.69 Å². The Hall–Kier alpha value is -2.02. The number of nitrogens with zero attached hydrogens (tertiary/aromatic N) is 1. The molecular formula is C10H11N3O. The monoisotopic (exact) mass is 189 g/mol. The first kappa shape index (κ1) is 10.1. The summed E-state index contributed by atoms with van der Waals surface area (Å²) >= 11 is 0. The van der Waals surface area contributed by atoms with Gasteiger partial charge in [-0.15, -0.1) is 0 Å². The van der Waals surface area contributed by atoms with Crippen molar-refractivity contribution in [1.29, 1.82) is 5.26 Å². The van der Waals surface area contributed by atoms with Crippen LogP contribution in [-0.4, -0.2) is 12.1 Å². The fraction of sp³-hybridized carbons (Fsp3) is 0.200. The van der Waals surface area contributed by atoms with Gasteiger partial charge in [0.1, 0.15) is 6.04 Å². The molecule has 1 unspecified atom stereocenters. The second-order valence-corrected chi connectivity index (χ2v) is 2.82. The van der Waals surface area contributed by atoms with E-state index in [9.17, 15) is 4.79 Å². The maximum Gasteiger partial charge on any atom is 0.320 e. The van der Waals surface area contributed by atoms with E-state index in [1.807, 2.05) is 24.3 Å². The van der Waals surface area contributed by atoms with E-state index >= 15 is 0 Å². The van der Waals surface area contributed by atoms with Crippen LogP contribution in [0, 0.1) is 11.3 Å². The number of anilines is 1. The highest BCUT2D eigenvalue weighted by Crippen LogP contribution is 2.04. The van der Waals surface area contributed by atoms with Gasteiger partial charge in [0.2, 0.25) is 0 Å². The van der Waals surface area contributed by atoms with Crippen LogP contribution in [0.4, 0.5) is 10.5 Å². The summed E-state index contributed by atoms with van der Waals surface area (Å²) in [6.07, 6.45) is 0. The minimum atomic E-state index is -0.487. The predicted molar refractivity (Wildman–Crippen MR) is 53.7 cm³/mol. The third-order valence-corrected chi connectivity index (χ3v) is 1.57. The van der Waals surface area contributed by atoms with Gasteiger partial charge in [-0.25, -0.2) is 4.79 Å². The molecule has 0 saturated heterocycles. The highest BCUT2D eigenvalue weighted by molar-refractivity contribution is 5.89. The number of nitriles is 1. The number of para-hydroxylation sites is 1. The van der Waals surface area contributed by atoms with Gasteiger partial charge in [0.05, 0.1) is 6.07 Å². The molecule has 0 aliphatic carbocycles. The van der Waals surface area contributed by atoms with Gasteiger partial charge >= 0.3 is 6.03 Å². The number of nitrogens with one attached hydrogen (secondary N) is 2. The fourth-order valence-electron chi connectivity index (χ4n) is 0.918. The molecule has 2 N–H and O–H groups in total. The molecule has 0 fully saturated rings. The van der Waals surface area contributed by atoms with Crippen molar-refractivity contribution in [2.45, 2.75) is 13.0 Å². The lowest BCUT2D eigenvalue weighted by Gasteiger charge is -2.07. The number of hydrogen-bond donors (Lipinski definition) is 2. The molecule has 14 heavy (non-hydrogen) atoms. The number of carbonyl (C=O) groups excluding carboxylic acids is 1. The number of amides is 2. The smallest absolute Gasteiger partial charge is 0.320 e. The molecule has 0 radical (unpaired) electrons. The molecule has 1 atom stereocenters. The molecule has 4 nitrogen and oxygen atoms in total. The summed E-state index contributed by atoms with van der Waals surface area (Å²) in [5.41, 5.74) is 0.704. The molecule has 4 heteroatoms. The Morgan fingerprint density at radius 1 is 1.43 bits per heavy atom. The summed E-state index contributed by atoms with van der Waals surface area (Å²) in [5, 5.41) is 13.5. The molecule has 0 heterocycles. The SMILES string of the molecule is CC(C#N)NC(=O)Nc1ccccc1. The summed E-state index contributed by atoms with van der Waals surface area (Å²) in [6.45, 7) is 1.62. The number of urea groups is 1. The molecule has 1 rings (SSSR count). The molecule has 0 saturated carbocycles. The quantitative estimate of drug-likeness (QED) is 0.743. The van der Waals surface area contributed by atoms with E-state index in [0.717, 1.165) is 0 Å². The summed E-state index contributed by atoms with van der Waals surface area (Å²) < 4.78 is 0. The number of rotatable bonds is 2. The molecule has 2 amide bonds. The van der Waals surface area contributed by atoms with Gasteiger partial charge in [0.15, 0.2) is 0 Å². The fourth-order valence-corrected chi connectivity index (χ4v) is 0.918. The first-order valence-corrected chi connectivity index (χ1v) is 4.24. The molecule has 0 spiro atoms. The van der Waals surface area contributed by atoms with Crippen LogP contribution in [0.3, 0.4) is 0 Å². The molecule has 1 aromatic carbocycles. The van der Waals surface area contributed by atoms with Crippen LogP contribution in [0.1, 0.15) is 6.92 Å². The normalized spacial score (nSPS) is 11.1. The zero-order valence-corrected chi connectivity index (χ0v) is 7.82. The van der Waals surface area contributed by atoms with E-state index in [4.69, 9.17) is 5.26 Å². The van der Waals surface area contributed by atoms with Crippen LogP contribution in [0.15, 0.2) is 30.3 Å². The topological polar surface area (TPSA) is 64.9 Å². The summed E-state index contributed by atoms with van der Waals surface area (Å²) in [5.74, 6) is 0. The Labute approximate surface area is 82.5 Å². The first-order chi connectivity index (χ1) is 6.72. The number of benzene rings is 1. The van der Waals surface area contributed by atoms with Crippen LogP contribution in [0.5, 0.6) is 0 Å². The molecule has 1 aromatic rings. The molecule has 0 aliphatic rings. The van der Waals surface area contributed by atoms with Gasteiger partial charge in [-0.05, 0) is 19.1 Å². The minimum absolute atomic E-state index is 0.370. The Kier molecular flexibility index (Phi) is 3.50. The van der Waals surface area contributed by atoms with Gasteiger partial charge < -0.3 is 10.6 Å². The van der Waals surface area contributed by atoms with E-state index in [1.165, 1.54) is 0 Å². The lowest BCUT2D eigenvalue weighted by atomic mass is 10.3. The third kappa shape index (κ3) is 3.15. The van der Waals surface area contributed by atoms with Crippen molar-refractivity contribution in [1.82, 2.24) is 5.32 Å². The Bertz CT molecular complexity index is 342. The van der Waals surface area contributed by atoms with E-state index in [-0.39, 0.29) is 6.03 Å². The van der Waals surface area contributed by atoms with E-state index < -0.39 is 6.04 Å². The molecular weight excluding hydrogens is 178 g/mol. The van der Waals surface area contributed by atoms with Gasteiger partial charge in [0.25, 0.3) is 0 Å².